The summed E-state index contributed by atoms with van der Waals surface area (Å²) in [5.74, 6) is 0.545. The molecule has 1 heterocycles. The van der Waals surface area contributed by atoms with Gasteiger partial charge in [0.05, 0.1) is 12.8 Å². The molecule has 2 rings (SSSR count). The molecule has 0 spiro atoms. The Bertz CT molecular complexity index is 556. The molecule has 19 heavy (non-hydrogen) atoms. The molecule has 0 N–H and O–H groups in total. The highest BCUT2D eigenvalue weighted by Gasteiger charge is 2.22. The van der Waals surface area contributed by atoms with Crippen LogP contribution in [0.25, 0.3) is 10.8 Å². The topological polar surface area (TPSA) is 22.1 Å². The molecule has 0 aliphatic carbocycles. The number of benzene rings is 1. The van der Waals surface area contributed by atoms with Gasteiger partial charge in [-0.05, 0) is 17.5 Å². The van der Waals surface area contributed by atoms with Crippen molar-refractivity contribution in [1.82, 2.24) is 4.98 Å². The number of aromatic nitrogens is 1. The molecule has 0 fully saturated rings. The quantitative estimate of drug-likeness (QED) is 0.829. The van der Waals surface area contributed by atoms with Gasteiger partial charge in [0.1, 0.15) is 18.6 Å². The Morgan fingerprint density at radius 1 is 1.21 bits per heavy atom. The molecule has 0 aliphatic heterocycles. The first-order valence-electron chi connectivity index (χ1n) is 5.92. The molecular weight excluding hydrogens is 255 g/mol. The van der Waals surface area contributed by atoms with Gasteiger partial charge in [0.25, 0.3) is 0 Å². The second kappa shape index (κ2) is 5.91. The summed E-state index contributed by atoms with van der Waals surface area (Å²) < 4.78 is 43.9. The molecule has 0 saturated heterocycles. The van der Waals surface area contributed by atoms with Gasteiger partial charge in [0, 0.05) is 18.0 Å². The summed E-state index contributed by atoms with van der Waals surface area (Å²) >= 11 is 0. The Balaban J connectivity index is 2.43. The average molecular weight is 269 g/mol. The summed E-state index contributed by atoms with van der Waals surface area (Å²) in [6, 6.07) is 7.12. The maximum Gasteiger partial charge on any atom is 0.160 e. The number of ether oxygens (including phenoxy) is 1. The SMILES string of the molecule is COc1cccc2ccnc(CC(F)C(F)CF)c12. The lowest BCUT2D eigenvalue weighted by molar-refractivity contribution is 0.136. The number of pyridine rings is 1. The first-order chi connectivity index (χ1) is 9.17. The zero-order valence-electron chi connectivity index (χ0n) is 10.4. The lowest BCUT2D eigenvalue weighted by Gasteiger charge is -2.13. The first kappa shape index (κ1) is 13.6. The molecule has 2 atom stereocenters. The van der Waals surface area contributed by atoms with Crippen molar-refractivity contribution in [3.8, 4) is 5.75 Å². The van der Waals surface area contributed by atoms with Gasteiger partial charge in [-0.3, -0.25) is 4.98 Å². The Labute approximate surface area is 109 Å². The van der Waals surface area contributed by atoms with Crippen molar-refractivity contribution >= 4 is 10.8 Å². The second-order valence-corrected chi connectivity index (χ2v) is 4.21. The van der Waals surface area contributed by atoms with Crippen molar-refractivity contribution in [2.45, 2.75) is 18.8 Å². The van der Waals surface area contributed by atoms with Crippen LogP contribution in [0.15, 0.2) is 30.5 Å². The fourth-order valence-corrected chi connectivity index (χ4v) is 2.00. The summed E-state index contributed by atoms with van der Waals surface area (Å²) in [5.41, 5.74) is 0.374. The fourth-order valence-electron chi connectivity index (χ4n) is 2.00. The Morgan fingerprint density at radius 3 is 2.68 bits per heavy atom. The Hall–Kier alpha value is -1.78. The van der Waals surface area contributed by atoms with E-state index in [-0.39, 0.29) is 6.42 Å². The number of fused-ring (bicyclic) bond motifs is 1. The number of alkyl halides is 3. The minimum atomic E-state index is -2.12. The van der Waals surface area contributed by atoms with Crippen LogP contribution in [0.1, 0.15) is 5.69 Å². The largest absolute Gasteiger partial charge is 0.496 e. The highest BCUT2D eigenvalue weighted by atomic mass is 19.2. The smallest absolute Gasteiger partial charge is 0.160 e. The molecular formula is C14H14F3NO. The molecule has 0 amide bonds. The van der Waals surface area contributed by atoms with Crippen LogP contribution in [-0.4, -0.2) is 31.1 Å². The molecule has 0 radical (unpaired) electrons. The monoisotopic (exact) mass is 269 g/mol. The van der Waals surface area contributed by atoms with Gasteiger partial charge in [-0.1, -0.05) is 12.1 Å². The van der Waals surface area contributed by atoms with Gasteiger partial charge in [-0.2, -0.15) is 0 Å². The van der Waals surface area contributed by atoms with Gasteiger partial charge in [0.15, 0.2) is 6.17 Å². The highest BCUT2D eigenvalue weighted by molar-refractivity contribution is 5.90. The lowest BCUT2D eigenvalue weighted by atomic mass is 10.0. The summed E-state index contributed by atoms with van der Waals surface area (Å²) in [6.45, 7) is -1.33. The summed E-state index contributed by atoms with van der Waals surface area (Å²) in [6.07, 6.45) is -2.78. The van der Waals surface area contributed by atoms with E-state index in [9.17, 15) is 13.2 Å². The summed E-state index contributed by atoms with van der Waals surface area (Å²) in [4.78, 5) is 4.06. The predicted molar refractivity (Wildman–Crippen MR) is 67.8 cm³/mol. The van der Waals surface area contributed by atoms with Crippen molar-refractivity contribution in [3.05, 3.63) is 36.2 Å². The molecule has 102 valence electrons. The number of nitrogens with zero attached hydrogens (tertiary/aromatic N) is 1. The van der Waals surface area contributed by atoms with Crippen LogP contribution in [0.4, 0.5) is 13.2 Å². The average Bonchev–Trinajstić information content (AvgIpc) is 2.45. The van der Waals surface area contributed by atoms with Crippen LogP contribution < -0.4 is 4.74 Å². The summed E-state index contributed by atoms with van der Waals surface area (Å²) in [5, 5.41) is 1.47. The van der Waals surface area contributed by atoms with Gasteiger partial charge in [-0.15, -0.1) is 0 Å². The van der Waals surface area contributed by atoms with E-state index < -0.39 is 19.0 Å². The predicted octanol–water partition coefficient (Wildman–Crippen LogP) is 3.43. The minimum absolute atomic E-state index is 0.275. The van der Waals surface area contributed by atoms with Crippen LogP contribution in [0.5, 0.6) is 5.75 Å². The van der Waals surface area contributed by atoms with Gasteiger partial charge in [0.2, 0.25) is 0 Å². The van der Waals surface area contributed by atoms with E-state index >= 15 is 0 Å². The molecule has 2 aromatic rings. The molecule has 1 aromatic heterocycles. The van der Waals surface area contributed by atoms with Crippen molar-refractivity contribution in [2.24, 2.45) is 0 Å². The lowest BCUT2D eigenvalue weighted by Crippen LogP contribution is -2.22. The van der Waals surface area contributed by atoms with Crippen LogP contribution in [0, 0.1) is 0 Å². The van der Waals surface area contributed by atoms with E-state index in [2.05, 4.69) is 4.98 Å². The van der Waals surface area contributed by atoms with Crippen LogP contribution in [0.3, 0.4) is 0 Å². The van der Waals surface area contributed by atoms with E-state index in [4.69, 9.17) is 4.74 Å². The van der Waals surface area contributed by atoms with Crippen molar-refractivity contribution in [3.63, 3.8) is 0 Å². The van der Waals surface area contributed by atoms with E-state index in [0.717, 1.165) is 5.39 Å². The third-order valence-electron chi connectivity index (χ3n) is 2.98. The van der Waals surface area contributed by atoms with Crippen LogP contribution in [0.2, 0.25) is 0 Å². The zero-order chi connectivity index (χ0) is 13.8. The van der Waals surface area contributed by atoms with E-state index in [1.54, 1.807) is 18.2 Å². The molecule has 2 unspecified atom stereocenters. The second-order valence-electron chi connectivity index (χ2n) is 4.21. The Morgan fingerprint density at radius 2 is 2.00 bits per heavy atom. The van der Waals surface area contributed by atoms with Crippen LogP contribution in [-0.2, 0) is 6.42 Å². The van der Waals surface area contributed by atoms with Gasteiger partial charge in [-0.25, -0.2) is 13.2 Å². The number of halogens is 3. The highest BCUT2D eigenvalue weighted by Crippen LogP contribution is 2.29. The molecule has 2 nitrogen and oxygen atoms in total. The molecule has 5 heteroatoms. The number of rotatable bonds is 5. The van der Waals surface area contributed by atoms with E-state index in [1.807, 2.05) is 6.07 Å². The fraction of sp³-hybridized carbons (Fsp3) is 0.357. The van der Waals surface area contributed by atoms with E-state index in [1.165, 1.54) is 13.3 Å². The molecule has 0 aliphatic rings. The van der Waals surface area contributed by atoms with Crippen molar-refractivity contribution < 1.29 is 17.9 Å². The standard InChI is InChI=1S/C14H14F3NO/c1-19-13-4-2-3-9-5-6-18-12(14(9)13)7-10(16)11(17)8-15/h2-6,10-11H,7-8H2,1H3. The maximum atomic E-state index is 13.6. The zero-order valence-corrected chi connectivity index (χ0v) is 10.4. The third kappa shape index (κ3) is 2.80. The Kier molecular flexibility index (Phi) is 4.24. The number of hydrogen-bond acceptors (Lipinski definition) is 2. The molecule has 1 aromatic carbocycles. The van der Waals surface area contributed by atoms with Crippen molar-refractivity contribution in [1.29, 1.82) is 0 Å². The minimum Gasteiger partial charge on any atom is -0.496 e. The molecule has 0 saturated carbocycles. The number of methoxy groups -OCH3 is 1. The number of hydrogen-bond donors (Lipinski definition) is 0. The summed E-state index contributed by atoms with van der Waals surface area (Å²) in [7, 11) is 1.50. The first-order valence-corrected chi connectivity index (χ1v) is 5.92. The maximum absolute atomic E-state index is 13.6. The molecule has 0 bridgehead atoms. The van der Waals surface area contributed by atoms with Crippen molar-refractivity contribution in [2.75, 3.05) is 13.8 Å². The van der Waals surface area contributed by atoms with Gasteiger partial charge < -0.3 is 4.74 Å². The van der Waals surface area contributed by atoms with Crippen LogP contribution >= 0.6 is 0 Å². The van der Waals surface area contributed by atoms with E-state index in [0.29, 0.717) is 16.8 Å². The normalized spacial score (nSPS) is 14.3. The van der Waals surface area contributed by atoms with Gasteiger partial charge >= 0.3 is 0 Å². The third-order valence-corrected chi connectivity index (χ3v) is 2.98.